The van der Waals surface area contributed by atoms with Gasteiger partial charge in [-0.1, -0.05) is 36.4 Å². The second-order valence-corrected chi connectivity index (χ2v) is 6.69. The van der Waals surface area contributed by atoms with E-state index in [4.69, 9.17) is 14.2 Å². The zero-order valence-corrected chi connectivity index (χ0v) is 13.0. The van der Waals surface area contributed by atoms with Crippen LogP contribution in [0, 0.1) is 0 Å². The monoisotopic (exact) mass is 334 g/mol. The van der Waals surface area contributed by atoms with Gasteiger partial charge in [0.1, 0.15) is 29.5 Å². The summed E-state index contributed by atoms with van der Waals surface area (Å²) in [6.45, 7) is 0. The molecule has 5 heteroatoms. The summed E-state index contributed by atoms with van der Waals surface area (Å²) in [5.41, 5.74) is 1.01. The fourth-order valence-electron chi connectivity index (χ4n) is 4.18. The molecule has 1 aliphatic carbocycles. The Morgan fingerprint density at radius 1 is 0.880 bits per heavy atom. The van der Waals surface area contributed by atoms with Crippen molar-refractivity contribution in [3.8, 4) is 17.2 Å². The van der Waals surface area contributed by atoms with Gasteiger partial charge in [0.2, 0.25) is 0 Å². The Balaban J connectivity index is 1.65. The lowest BCUT2D eigenvalue weighted by Crippen LogP contribution is -2.50. The number of ether oxygens (including phenoxy) is 3. The Kier molecular flexibility index (Phi) is 2.30. The number of aliphatic hydroxyl groups is 1. The molecule has 0 bridgehead atoms. The maximum absolute atomic E-state index is 10.5. The van der Waals surface area contributed by atoms with Gasteiger partial charge in [-0.3, -0.25) is 0 Å². The lowest BCUT2D eigenvalue weighted by molar-refractivity contribution is -0.148. The van der Waals surface area contributed by atoms with Gasteiger partial charge < -0.3 is 24.4 Å². The van der Waals surface area contributed by atoms with Crippen molar-refractivity contribution in [1.82, 2.24) is 0 Å². The second-order valence-electron chi connectivity index (χ2n) is 6.69. The molecule has 5 nitrogen and oxygen atoms in total. The topological polar surface area (TPSA) is 71.5 Å². The molecule has 124 valence electrons. The van der Waals surface area contributed by atoms with Crippen LogP contribution in [0.2, 0.25) is 0 Å². The number of fused-ring (bicyclic) bond motifs is 4. The van der Waals surface area contributed by atoms with Gasteiger partial charge in [-0.25, -0.2) is 0 Å². The van der Waals surface area contributed by atoms with Gasteiger partial charge in [0, 0.05) is 0 Å². The molecule has 2 heterocycles. The quantitative estimate of drug-likeness (QED) is 0.619. The molecule has 3 aromatic rings. The lowest BCUT2D eigenvalue weighted by atomic mass is 9.83. The number of benzene rings is 3. The third-order valence-electron chi connectivity index (χ3n) is 5.30. The average molecular weight is 334 g/mol. The van der Waals surface area contributed by atoms with E-state index in [0.29, 0.717) is 22.6 Å². The Hall–Kier alpha value is -2.76. The highest BCUT2D eigenvalue weighted by Crippen LogP contribution is 2.59. The fraction of sp³-hybridized carbons (Fsp3) is 0.200. The predicted molar refractivity (Wildman–Crippen MR) is 88.6 cm³/mol. The van der Waals surface area contributed by atoms with Crippen molar-refractivity contribution in [3.05, 3.63) is 65.7 Å². The molecule has 25 heavy (non-hydrogen) atoms. The molecular weight excluding hydrogens is 320 g/mol. The SMILES string of the molecule is Oc1cccc2c1C1(Oc3cccc4cccc(c34)O1)C1OC1C2O. The minimum atomic E-state index is -1.30. The van der Waals surface area contributed by atoms with E-state index in [1.54, 1.807) is 18.2 Å². The van der Waals surface area contributed by atoms with E-state index in [2.05, 4.69) is 0 Å². The Morgan fingerprint density at radius 2 is 1.56 bits per heavy atom. The Bertz CT molecular complexity index is 1000. The van der Waals surface area contributed by atoms with Crippen LogP contribution in [0.25, 0.3) is 10.8 Å². The van der Waals surface area contributed by atoms with Crippen LogP contribution in [-0.4, -0.2) is 22.4 Å². The number of phenolic OH excluding ortho intramolecular Hbond substituents is 1. The first-order chi connectivity index (χ1) is 12.2. The van der Waals surface area contributed by atoms with E-state index >= 15 is 0 Å². The first-order valence-corrected chi connectivity index (χ1v) is 8.25. The highest BCUT2D eigenvalue weighted by atomic mass is 16.8. The third kappa shape index (κ3) is 1.55. The predicted octanol–water partition coefficient (Wildman–Crippen LogP) is 2.98. The minimum absolute atomic E-state index is 0.0251. The average Bonchev–Trinajstić information content (AvgIpc) is 3.42. The van der Waals surface area contributed by atoms with Gasteiger partial charge in [0.15, 0.2) is 6.10 Å². The molecule has 1 spiro atoms. The van der Waals surface area contributed by atoms with E-state index in [1.807, 2.05) is 36.4 Å². The largest absolute Gasteiger partial charge is 0.507 e. The van der Waals surface area contributed by atoms with Gasteiger partial charge in [-0.15, -0.1) is 0 Å². The number of aromatic hydroxyl groups is 1. The molecule has 3 unspecified atom stereocenters. The summed E-state index contributed by atoms with van der Waals surface area (Å²) in [5.74, 6) is 0.0863. The van der Waals surface area contributed by atoms with Crippen LogP contribution in [0.3, 0.4) is 0 Å². The van der Waals surface area contributed by atoms with Crippen LogP contribution >= 0.6 is 0 Å². The molecule has 2 N–H and O–H groups in total. The van der Waals surface area contributed by atoms with Crippen molar-refractivity contribution in [2.75, 3.05) is 0 Å². The van der Waals surface area contributed by atoms with Gasteiger partial charge in [-0.2, -0.15) is 0 Å². The van der Waals surface area contributed by atoms with Crippen molar-refractivity contribution >= 4 is 10.8 Å². The highest BCUT2D eigenvalue weighted by Gasteiger charge is 2.69. The first-order valence-electron chi connectivity index (χ1n) is 8.25. The highest BCUT2D eigenvalue weighted by molar-refractivity contribution is 5.94. The van der Waals surface area contributed by atoms with Gasteiger partial charge in [0.25, 0.3) is 0 Å². The van der Waals surface area contributed by atoms with Crippen molar-refractivity contribution in [3.63, 3.8) is 0 Å². The molecule has 6 rings (SSSR count). The van der Waals surface area contributed by atoms with Crippen LogP contribution in [0.1, 0.15) is 17.2 Å². The summed E-state index contributed by atoms with van der Waals surface area (Å²) < 4.78 is 18.4. The smallest absolute Gasteiger partial charge is 0.311 e. The molecule has 3 atom stereocenters. The zero-order valence-electron chi connectivity index (χ0n) is 13.0. The Morgan fingerprint density at radius 3 is 2.28 bits per heavy atom. The minimum Gasteiger partial charge on any atom is -0.507 e. The van der Waals surface area contributed by atoms with Gasteiger partial charge >= 0.3 is 5.79 Å². The number of hydrogen-bond donors (Lipinski definition) is 2. The van der Waals surface area contributed by atoms with Crippen LogP contribution in [-0.2, 0) is 10.5 Å². The molecule has 0 amide bonds. The molecule has 1 fully saturated rings. The number of hydrogen-bond acceptors (Lipinski definition) is 5. The van der Waals surface area contributed by atoms with Gasteiger partial charge in [0.05, 0.1) is 10.9 Å². The molecule has 3 aromatic carbocycles. The summed E-state index contributed by atoms with van der Waals surface area (Å²) in [4.78, 5) is 0. The van der Waals surface area contributed by atoms with Crippen LogP contribution < -0.4 is 9.47 Å². The van der Waals surface area contributed by atoms with Crippen molar-refractivity contribution in [2.24, 2.45) is 0 Å². The van der Waals surface area contributed by atoms with E-state index in [1.165, 1.54) is 0 Å². The van der Waals surface area contributed by atoms with E-state index in [-0.39, 0.29) is 5.75 Å². The van der Waals surface area contributed by atoms with Crippen LogP contribution in [0.15, 0.2) is 54.6 Å². The molecule has 1 saturated heterocycles. The fourth-order valence-corrected chi connectivity index (χ4v) is 4.18. The summed E-state index contributed by atoms with van der Waals surface area (Å²) in [5, 5.41) is 23.0. The number of epoxide rings is 1. The van der Waals surface area contributed by atoms with Crippen molar-refractivity contribution in [1.29, 1.82) is 0 Å². The summed E-state index contributed by atoms with van der Waals surface area (Å²) in [6.07, 6.45) is -1.69. The number of phenols is 1. The summed E-state index contributed by atoms with van der Waals surface area (Å²) in [6, 6.07) is 16.7. The van der Waals surface area contributed by atoms with Crippen molar-refractivity contribution < 1.29 is 24.4 Å². The van der Waals surface area contributed by atoms with Crippen LogP contribution in [0.5, 0.6) is 17.2 Å². The number of rotatable bonds is 0. The number of aliphatic hydroxyl groups excluding tert-OH is 1. The van der Waals surface area contributed by atoms with E-state index in [9.17, 15) is 10.2 Å². The van der Waals surface area contributed by atoms with Gasteiger partial charge in [-0.05, 0) is 29.1 Å². The molecule has 2 aliphatic heterocycles. The normalized spacial score (nSPS) is 27.2. The summed E-state index contributed by atoms with van der Waals surface area (Å²) >= 11 is 0. The molecular formula is C20H14O5. The first kappa shape index (κ1) is 13.5. The maximum atomic E-state index is 10.5. The van der Waals surface area contributed by atoms with E-state index in [0.717, 1.165) is 10.8 Å². The standard InChI is InChI=1S/C20H14O5/c21-12-7-3-6-11-16(12)20(19-18(23-19)17(11)22)24-13-8-1-4-10-5-2-9-14(25-20)15(10)13/h1-9,17-19,21-22H. The summed E-state index contributed by atoms with van der Waals surface area (Å²) in [7, 11) is 0. The third-order valence-corrected chi connectivity index (χ3v) is 5.30. The molecule has 0 aromatic heterocycles. The molecule has 0 radical (unpaired) electrons. The second kappa shape index (κ2) is 4.25. The zero-order chi connectivity index (χ0) is 16.8. The van der Waals surface area contributed by atoms with Crippen LogP contribution in [0.4, 0.5) is 0 Å². The molecule has 0 saturated carbocycles. The van der Waals surface area contributed by atoms with E-state index < -0.39 is 24.1 Å². The maximum Gasteiger partial charge on any atom is 0.311 e. The Labute approximate surface area is 143 Å². The lowest BCUT2D eigenvalue weighted by Gasteiger charge is -2.41. The van der Waals surface area contributed by atoms with Crippen molar-refractivity contribution in [2.45, 2.75) is 24.1 Å². The molecule has 3 aliphatic rings.